The van der Waals surface area contributed by atoms with Crippen molar-refractivity contribution >= 4 is 11.6 Å². The third kappa shape index (κ3) is 2.99. The summed E-state index contributed by atoms with van der Waals surface area (Å²) in [6.07, 6.45) is 1.45. The minimum Gasteiger partial charge on any atom is -0.384 e. The fourth-order valence-corrected chi connectivity index (χ4v) is 2.62. The summed E-state index contributed by atoms with van der Waals surface area (Å²) in [5, 5.41) is 6.10. The molecule has 0 aliphatic carbocycles. The molecule has 5 heteroatoms. The number of halogens is 1. The van der Waals surface area contributed by atoms with Crippen molar-refractivity contribution in [2.75, 3.05) is 32.1 Å². The monoisotopic (exact) mass is 280 g/mol. The quantitative estimate of drug-likeness (QED) is 0.888. The SMILES string of the molecule is COCC1(C(=O)Nc2cccc(F)c2C)CCNCC1. The summed E-state index contributed by atoms with van der Waals surface area (Å²) in [5.74, 6) is -0.400. The summed E-state index contributed by atoms with van der Waals surface area (Å²) in [6.45, 7) is 3.63. The van der Waals surface area contributed by atoms with E-state index < -0.39 is 5.41 Å². The lowest BCUT2D eigenvalue weighted by molar-refractivity contribution is -0.130. The van der Waals surface area contributed by atoms with Gasteiger partial charge in [-0.05, 0) is 45.0 Å². The average molecular weight is 280 g/mol. The number of benzene rings is 1. The van der Waals surface area contributed by atoms with E-state index in [0.717, 1.165) is 25.9 Å². The molecule has 0 atom stereocenters. The maximum Gasteiger partial charge on any atom is 0.233 e. The zero-order valence-corrected chi connectivity index (χ0v) is 12.0. The Morgan fingerprint density at radius 2 is 2.15 bits per heavy atom. The van der Waals surface area contributed by atoms with E-state index in [0.29, 0.717) is 17.9 Å². The van der Waals surface area contributed by atoms with Crippen LogP contribution in [-0.2, 0) is 9.53 Å². The first-order valence-corrected chi connectivity index (χ1v) is 6.85. The first kappa shape index (κ1) is 14.9. The number of hydrogen-bond acceptors (Lipinski definition) is 3. The van der Waals surface area contributed by atoms with Crippen LogP contribution in [0.3, 0.4) is 0 Å². The van der Waals surface area contributed by atoms with Gasteiger partial charge in [-0.25, -0.2) is 4.39 Å². The van der Waals surface area contributed by atoms with Gasteiger partial charge in [-0.3, -0.25) is 4.79 Å². The molecule has 110 valence electrons. The largest absolute Gasteiger partial charge is 0.384 e. The summed E-state index contributed by atoms with van der Waals surface area (Å²) in [5.41, 5.74) is 0.463. The van der Waals surface area contributed by atoms with Crippen molar-refractivity contribution in [1.82, 2.24) is 5.32 Å². The van der Waals surface area contributed by atoms with Crippen molar-refractivity contribution in [3.05, 3.63) is 29.6 Å². The van der Waals surface area contributed by atoms with Gasteiger partial charge in [-0.2, -0.15) is 0 Å². The molecule has 4 nitrogen and oxygen atoms in total. The molecular formula is C15H21FN2O2. The van der Waals surface area contributed by atoms with Gasteiger partial charge >= 0.3 is 0 Å². The molecular weight excluding hydrogens is 259 g/mol. The lowest BCUT2D eigenvalue weighted by atomic mass is 9.78. The predicted octanol–water partition coefficient (Wildman–Crippen LogP) is 2.09. The Hall–Kier alpha value is -1.46. The third-order valence-electron chi connectivity index (χ3n) is 3.98. The Morgan fingerprint density at radius 3 is 2.80 bits per heavy atom. The fraction of sp³-hybridized carbons (Fsp3) is 0.533. The summed E-state index contributed by atoms with van der Waals surface area (Å²) in [6, 6.07) is 4.71. The molecule has 0 radical (unpaired) electrons. The van der Waals surface area contributed by atoms with Crippen LogP contribution in [0.15, 0.2) is 18.2 Å². The number of rotatable bonds is 4. The van der Waals surface area contributed by atoms with Gasteiger partial charge in [0.1, 0.15) is 5.82 Å². The van der Waals surface area contributed by atoms with E-state index in [1.807, 2.05) is 0 Å². The molecule has 0 saturated carbocycles. The number of amides is 1. The first-order valence-electron chi connectivity index (χ1n) is 6.85. The van der Waals surface area contributed by atoms with Crippen molar-refractivity contribution in [3.63, 3.8) is 0 Å². The molecule has 0 bridgehead atoms. The number of ether oxygens (including phenoxy) is 1. The van der Waals surface area contributed by atoms with Crippen LogP contribution in [0.4, 0.5) is 10.1 Å². The minimum absolute atomic E-state index is 0.0884. The van der Waals surface area contributed by atoms with E-state index in [9.17, 15) is 9.18 Å². The number of piperidine rings is 1. The molecule has 1 fully saturated rings. The summed E-state index contributed by atoms with van der Waals surface area (Å²) < 4.78 is 18.8. The molecule has 0 aromatic heterocycles. The third-order valence-corrected chi connectivity index (χ3v) is 3.98. The van der Waals surface area contributed by atoms with Crippen LogP contribution in [0.25, 0.3) is 0 Å². The first-order chi connectivity index (χ1) is 9.59. The number of carbonyl (C=O) groups excluding carboxylic acids is 1. The second kappa shape index (κ2) is 6.33. The van der Waals surface area contributed by atoms with E-state index in [2.05, 4.69) is 10.6 Å². The van der Waals surface area contributed by atoms with Crippen LogP contribution in [0.2, 0.25) is 0 Å². The highest BCUT2D eigenvalue weighted by molar-refractivity contribution is 5.96. The van der Waals surface area contributed by atoms with Gasteiger partial charge in [0.05, 0.1) is 12.0 Å². The van der Waals surface area contributed by atoms with E-state index in [4.69, 9.17) is 4.74 Å². The summed E-state index contributed by atoms with van der Waals surface area (Å²) in [4.78, 5) is 12.6. The molecule has 1 saturated heterocycles. The molecule has 1 aliphatic heterocycles. The lowest BCUT2D eigenvalue weighted by Crippen LogP contribution is -2.47. The van der Waals surface area contributed by atoms with Crippen molar-refractivity contribution in [1.29, 1.82) is 0 Å². The smallest absolute Gasteiger partial charge is 0.233 e. The maximum atomic E-state index is 13.5. The van der Waals surface area contributed by atoms with Crippen LogP contribution < -0.4 is 10.6 Å². The molecule has 1 aliphatic rings. The standard InChI is InChI=1S/C15H21FN2O2/c1-11-12(16)4-3-5-13(11)18-14(19)15(10-20-2)6-8-17-9-7-15/h3-5,17H,6-10H2,1-2H3,(H,18,19). The van der Waals surface area contributed by atoms with Crippen LogP contribution >= 0.6 is 0 Å². The highest BCUT2D eigenvalue weighted by Gasteiger charge is 2.39. The Labute approximate surface area is 118 Å². The van der Waals surface area contributed by atoms with Gasteiger partial charge in [0.15, 0.2) is 0 Å². The highest BCUT2D eigenvalue weighted by atomic mass is 19.1. The predicted molar refractivity (Wildman–Crippen MR) is 76.2 cm³/mol. The van der Waals surface area contributed by atoms with Crippen molar-refractivity contribution < 1.29 is 13.9 Å². The van der Waals surface area contributed by atoms with Gasteiger partial charge in [-0.1, -0.05) is 6.07 Å². The molecule has 1 heterocycles. The Bertz CT molecular complexity index is 479. The fourth-order valence-electron chi connectivity index (χ4n) is 2.62. The van der Waals surface area contributed by atoms with Crippen LogP contribution in [0, 0.1) is 18.2 Å². The maximum absolute atomic E-state index is 13.5. The van der Waals surface area contributed by atoms with Gasteiger partial charge in [-0.15, -0.1) is 0 Å². The molecule has 2 N–H and O–H groups in total. The van der Waals surface area contributed by atoms with Crippen molar-refractivity contribution in [3.8, 4) is 0 Å². The Morgan fingerprint density at radius 1 is 1.45 bits per heavy atom. The lowest BCUT2D eigenvalue weighted by Gasteiger charge is -2.35. The van der Waals surface area contributed by atoms with Crippen LogP contribution in [-0.4, -0.2) is 32.7 Å². The number of anilines is 1. The van der Waals surface area contributed by atoms with Gasteiger partial charge in [0.25, 0.3) is 0 Å². The molecule has 20 heavy (non-hydrogen) atoms. The van der Waals surface area contributed by atoms with Crippen LogP contribution in [0.1, 0.15) is 18.4 Å². The van der Waals surface area contributed by atoms with E-state index >= 15 is 0 Å². The number of carbonyl (C=O) groups is 1. The molecule has 1 amide bonds. The second-order valence-corrected chi connectivity index (χ2v) is 5.33. The van der Waals surface area contributed by atoms with Gasteiger partial charge in [0, 0.05) is 18.4 Å². The number of nitrogens with one attached hydrogen (secondary N) is 2. The van der Waals surface area contributed by atoms with Crippen LogP contribution in [0.5, 0.6) is 0 Å². The highest BCUT2D eigenvalue weighted by Crippen LogP contribution is 2.31. The topological polar surface area (TPSA) is 50.4 Å². The Kier molecular flexibility index (Phi) is 4.73. The Balaban J connectivity index is 2.18. The minimum atomic E-state index is -0.529. The molecule has 1 aromatic carbocycles. The second-order valence-electron chi connectivity index (χ2n) is 5.33. The van der Waals surface area contributed by atoms with Crippen molar-refractivity contribution in [2.45, 2.75) is 19.8 Å². The van der Waals surface area contributed by atoms with E-state index in [-0.39, 0.29) is 11.7 Å². The van der Waals surface area contributed by atoms with E-state index in [1.165, 1.54) is 6.07 Å². The molecule has 1 aromatic rings. The molecule has 0 spiro atoms. The van der Waals surface area contributed by atoms with Crippen molar-refractivity contribution in [2.24, 2.45) is 5.41 Å². The normalized spacial score (nSPS) is 17.8. The molecule has 0 unspecified atom stereocenters. The summed E-state index contributed by atoms with van der Waals surface area (Å²) in [7, 11) is 1.60. The number of methoxy groups -OCH3 is 1. The van der Waals surface area contributed by atoms with Gasteiger partial charge < -0.3 is 15.4 Å². The average Bonchev–Trinajstić information content (AvgIpc) is 2.45. The van der Waals surface area contributed by atoms with Gasteiger partial charge in [0.2, 0.25) is 5.91 Å². The summed E-state index contributed by atoms with van der Waals surface area (Å²) >= 11 is 0. The zero-order chi connectivity index (χ0) is 14.6. The van der Waals surface area contributed by atoms with E-state index in [1.54, 1.807) is 26.2 Å². The number of hydrogen-bond donors (Lipinski definition) is 2. The molecule has 2 rings (SSSR count). The zero-order valence-electron chi connectivity index (χ0n) is 12.0.